The molecule has 1 unspecified atom stereocenters. The molecular formula is C22H23IN2O4S. The fourth-order valence-electron chi connectivity index (χ4n) is 3.43. The largest absolute Gasteiger partial charge is 0.481 e. The van der Waals surface area contributed by atoms with Crippen LogP contribution < -0.4 is 9.62 Å². The Hall–Kier alpha value is -2.17. The topological polar surface area (TPSA) is 86.7 Å². The minimum absolute atomic E-state index is 0.00101. The van der Waals surface area contributed by atoms with Gasteiger partial charge in [0.2, 0.25) is 10.0 Å². The zero-order valence-corrected chi connectivity index (χ0v) is 19.6. The van der Waals surface area contributed by atoms with Gasteiger partial charge in [-0.3, -0.25) is 4.79 Å². The van der Waals surface area contributed by atoms with Crippen LogP contribution in [0, 0.1) is 3.57 Å². The second-order valence-corrected chi connectivity index (χ2v) is 10.2. The van der Waals surface area contributed by atoms with Crippen molar-refractivity contribution in [3.63, 3.8) is 0 Å². The molecule has 8 heteroatoms. The lowest BCUT2D eigenvalue weighted by molar-refractivity contribution is -0.137. The van der Waals surface area contributed by atoms with E-state index in [9.17, 15) is 18.3 Å². The molecule has 0 aliphatic heterocycles. The Kier molecular flexibility index (Phi) is 6.99. The molecule has 158 valence electrons. The first kappa shape index (κ1) is 22.5. The van der Waals surface area contributed by atoms with Gasteiger partial charge in [-0.2, -0.15) is 0 Å². The number of carboxylic acid groups (broad SMARTS) is 1. The molecule has 3 aromatic carbocycles. The highest BCUT2D eigenvalue weighted by Crippen LogP contribution is 2.30. The minimum atomic E-state index is -3.84. The Morgan fingerprint density at radius 2 is 1.67 bits per heavy atom. The van der Waals surface area contributed by atoms with Crippen LogP contribution in [-0.4, -0.2) is 40.1 Å². The lowest BCUT2D eigenvalue weighted by atomic mass is 9.96. The number of benzene rings is 3. The van der Waals surface area contributed by atoms with E-state index in [2.05, 4.69) is 27.3 Å². The number of halogens is 1. The average molecular weight is 538 g/mol. The van der Waals surface area contributed by atoms with Crippen molar-refractivity contribution in [3.8, 4) is 0 Å². The molecule has 0 aromatic heterocycles. The number of hydrogen-bond acceptors (Lipinski definition) is 4. The van der Waals surface area contributed by atoms with Crippen LogP contribution in [0.1, 0.15) is 17.9 Å². The highest BCUT2D eigenvalue weighted by Gasteiger charge is 2.22. The van der Waals surface area contributed by atoms with Gasteiger partial charge in [0.05, 0.1) is 11.3 Å². The number of carboxylic acids is 1. The Morgan fingerprint density at radius 3 is 2.30 bits per heavy atom. The summed E-state index contributed by atoms with van der Waals surface area (Å²) < 4.78 is 29.9. The first-order valence-corrected chi connectivity index (χ1v) is 11.9. The molecule has 0 amide bonds. The Bertz CT molecular complexity index is 1160. The van der Waals surface area contributed by atoms with Crippen LogP contribution in [0.5, 0.6) is 0 Å². The molecule has 0 saturated heterocycles. The summed E-state index contributed by atoms with van der Waals surface area (Å²) in [5, 5.41) is 10.8. The zero-order valence-electron chi connectivity index (χ0n) is 16.7. The van der Waals surface area contributed by atoms with Gasteiger partial charge >= 0.3 is 5.97 Å². The van der Waals surface area contributed by atoms with Gasteiger partial charge in [-0.05, 0) is 52.4 Å². The third kappa shape index (κ3) is 5.11. The molecule has 0 radical (unpaired) electrons. The summed E-state index contributed by atoms with van der Waals surface area (Å²) in [6.07, 6.45) is -0.163. The van der Waals surface area contributed by atoms with E-state index < -0.39 is 21.9 Å². The molecular weight excluding hydrogens is 515 g/mol. The number of carbonyl (C=O) groups is 1. The van der Waals surface area contributed by atoms with Crippen molar-refractivity contribution in [1.29, 1.82) is 0 Å². The van der Waals surface area contributed by atoms with Gasteiger partial charge in [0.1, 0.15) is 0 Å². The Labute approximate surface area is 190 Å². The highest BCUT2D eigenvalue weighted by atomic mass is 127. The second kappa shape index (κ2) is 9.32. The van der Waals surface area contributed by atoms with Crippen LogP contribution >= 0.6 is 22.6 Å². The molecule has 0 fully saturated rings. The highest BCUT2D eigenvalue weighted by molar-refractivity contribution is 14.1. The van der Waals surface area contributed by atoms with Crippen LogP contribution in [0.15, 0.2) is 65.6 Å². The summed E-state index contributed by atoms with van der Waals surface area (Å²) in [6, 6.07) is 18.2. The zero-order chi connectivity index (χ0) is 21.9. The molecule has 2 N–H and O–H groups in total. The number of rotatable bonds is 8. The van der Waals surface area contributed by atoms with Gasteiger partial charge in [-0.25, -0.2) is 13.1 Å². The van der Waals surface area contributed by atoms with Crippen LogP contribution in [-0.2, 0) is 14.8 Å². The lowest BCUT2D eigenvalue weighted by Gasteiger charge is -2.19. The minimum Gasteiger partial charge on any atom is -0.481 e. The molecule has 0 aliphatic carbocycles. The van der Waals surface area contributed by atoms with Crippen molar-refractivity contribution < 1.29 is 18.3 Å². The molecule has 30 heavy (non-hydrogen) atoms. The van der Waals surface area contributed by atoms with E-state index >= 15 is 0 Å². The fraction of sp³-hybridized carbons (Fsp3) is 0.227. The van der Waals surface area contributed by atoms with E-state index in [0.29, 0.717) is 5.39 Å². The number of nitrogens with zero attached hydrogens (tertiary/aromatic N) is 1. The first-order chi connectivity index (χ1) is 14.2. The summed E-state index contributed by atoms with van der Waals surface area (Å²) in [6.45, 7) is -0.00101. The van der Waals surface area contributed by atoms with Crippen molar-refractivity contribution in [3.05, 3.63) is 69.8 Å². The number of nitrogens with one attached hydrogen (secondary N) is 1. The van der Waals surface area contributed by atoms with Gasteiger partial charge < -0.3 is 10.0 Å². The van der Waals surface area contributed by atoms with E-state index in [1.807, 2.05) is 61.5 Å². The average Bonchev–Trinajstić information content (AvgIpc) is 2.70. The van der Waals surface area contributed by atoms with Crippen molar-refractivity contribution in [2.24, 2.45) is 0 Å². The van der Waals surface area contributed by atoms with Gasteiger partial charge in [-0.15, -0.1) is 0 Å². The molecule has 0 aliphatic rings. The number of aliphatic carboxylic acids is 1. The molecule has 0 saturated carbocycles. The van der Waals surface area contributed by atoms with Crippen molar-refractivity contribution in [2.45, 2.75) is 17.2 Å². The maximum Gasteiger partial charge on any atom is 0.304 e. The number of hydrogen-bond donors (Lipinski definition) is 2. The predicted molar refractivity (Wildman–Crippen MR) is 128 cm³/mol. The van der Waals surface area contributed by atoms with E-state index in [0.717, 1.165) is 20.2 Å². The van der Waals surface area contributed by atoms with Crippen molar-refractivity contribution >= 4 is 55.0 Å². The lowest BCUT2D eigenvalue weighted by Crippen LogP contribution is -2.29. The monoisotopic (exact) mass is 538 g/mol. The van der Waals surface area contributed by atoms with Crippen molar-refractivity contribution in [1.82, 2.24) is 4.72 Å². The van der Waals surface area contributed by atoms with Gasteiger partial charge in [0.25, 0.3) is 0 Å². The summed E-state index contributed by atoms with van der Waals surface area (Å²) in [5.41, 5.74) is 1.71. The van der Waals surface area contributed by atoms with E-state index in [1.54, 1.807) is 18.2 Å². The SMILES string of the molecule is CN(C)c1cccc2c(S(=O)(=O)NCC(CC(=O)O)c3ccc(I)cc3)cccc12. The molecule has 6 nitrogen and oxygen atoms in total. The second-order valence-electron chi connectivity index (χ2n) is 7.22. The Balaban J connectivity index is 1.93. The predicted octanol–water partition coefficient (Wildman–Crippen LogP) is 4.05. The third-order valence-electron chi connectivity index (χ3n) is 4.91. The number of fused-ring (bicyclic) bond motifs is 1. The third-order valence-corrected chi connectivity index (χ3v) is 7.11. The van der Waals surface area contributed by atoms with Crippen LogP contribution in [0.2, 0.25) is 0 Å². The van der Waals surface area contributed by atoms with E-state index in [4.69, 9.17) is 0 Å². The summed E-state index contributed by atoms with van der Waals surface area (Å²) in [4.78, 5) is 13.5. The maximum absolute atomic E-state index is 13.1. The molecule has 0 bridgehead atoms. The standard InChI is InChI=1S/C22H23IN2O4S/c1-25(2)20-7-3-6-19-18(20)5-4-8-21(19)30(28,29)24-14-16(13-22(26)27)15-9-11-17(23)12-10-15/h3-12,16,24H,13-14H2,1-2H3,(H,26,27). The number of anilines is 1. The molecule has 0 spiro atoms. The van der Waals surface area contributed by atoms with Gasteiger partial charge in [-0.1, -0.05) is 36.4 Å². The first-order valence-electron chi connectivity index (χ1n) is 9.35. The smallest absolute Gasteiger partial charge is 0.304 e. The van der Waals surface area contributed by atoms with Gasteiger partial charge in [0.15, 0.2) is 0 Å². The van der Waals surface area contributed by atoms with Crippen LogP contribution in [0.3, 0.4) is 0 Å². The normalized spacial score (nSPS) is 12.6. The van der Waals surface area contributed by atoms with E-state index in [-0.39, 0.29) is 17.9 Å². The molecule has 1 atom stereocenters. The van der Waals surface area contributed by atoms with Gasteiger partial charge in [0, 0.05) is 46.6 Å². The Morgan fingerprint density at radius 1 is 1.03 bits per heavy atom. The maximum atomic E-state index is 13.1. The summed E-state index contributed by atoms with van der Waals surface area (Å²) >= 11 is 2.17. The number of sulfonamides is 1. The molecule has 3 aromatic rings. The van der Waals surface area contributed by atoms with E-state index in [1.165, 1.54) is 0 Å². The van der Waals surface area contributed by atoms with Crippen molar-refractivity contribution in [2.75, 3.05) is 25.5 Å². The molecule has 3 rings (SSSR count). The molecule has 0 heterocycles. The summed E-state index contributed by atoms with van der Waals surface area (Å²) in [7, 11) is -0.0224. The van der Waals surface area contributed by atoms with Crippen LogP contribution in [0.4, 0.5) is 5.69 Å². The summed E-state index contributed by atoms with van der Waals surface area (Å²) in [5.74, 6) is -1.44. The fourth-order valence-corrected chi connectivity index (χ4v) is 5.09. The quantitative estimate of drug-likeness (QED) is 0.423. The van der Waals surface area contributed by atoms with Crippen LogP contribution in [0.25, 0.3) is 10.8 Å².